The van der Waals surface area contributed by atoms with E-state index in [9.17, 15) is 0 Å². The normalized spacial score (nSPS) is 0.667. The molecule has 6 heavy (non-hydrogen) atoms. The second-order valence-electron chi connectivity index (χ2n) is 0. The second kappa shape index (κ2) is 295. The molecule has 0 unspecified atom stereocenters. The van der Waals surface area contributed by atoms with E-state index >= 15 is 0 Å². The molecule has 0 aliphatic carbocycles. The Kier molecular flexibility index (Phi) is 3860. The summed E-state index contributed by atoms with van der Waals surface area (Å²) in [6.07, 6.45) is 0. The van der Waals surface area contributed by atoms with Crippen LogP contribution in [0.4, 0.5) is 14.1 Å². The summed E-state index contributed by atoms with van der Waals surface area (Å²) in [6, 6.07) is 0. The Morgan fingerprint density at radius 2 is 0.833 bits per heavy atom. The van der Waals surface area contributed by atoms with Crippen LogP contribution in [-0.4, -0.2) is 0 Å². The van der Waals surface area contributed by atoms with Crippen LogP contribution in [0.25, 0.3) is 0 Å². The van der Waals surface area contributed by atoms with Gasteiger partial charge in [-0.15, -0.1) is 0 Å². The monoisotopic (exact) mass is 191 g/mol. The van der Waals surface area contributed by atoms with Crippen LogP contribution in [0, 0.1) is 0 Å². The minimum atomic E-state index is 0. The van der Waals surface area contributed by atoms with E-state index in [1.54, 1.807) is 0 Å². The van der Waals surface area contributed by atoms with Crippen molar-refractivity contribution in [3.8, 4) is 0 Å². The van der Waals surface area contributed by atoms with Crippen molar-refractivity contribution in [3.63, 3.8) is 0 Å². The van der Waals surface area contributed by atoms with E-state index in [1.165, 1.54) is 16.2 Å². The molecule has 0 spiro atoms. The van der Waals surface area contributed by atoms with E-state index in [-0.39, 0.29) is 31.2 Å². The molecule has 0 aromatic heterocycles. The first-order chi connectivity index (χ1) is 1.00. The van der Waals surface area contributed by atoms with Crippen LogP contribution < -0.4 is 0 Å². The molecule has 0 atom stereocenters. The van der Waals surface area contributed by atoms with Crippen molar-refractivity contribution in [1.82, 2.24) is 0 Å². The Morgan fingerprint density at radius 1 is 0.833 bits per heavy atom. The molecule has 0 N–H and O–H groups in total. The summed E-state index contributed by atoms with van der Waals surface area (Å²) in [5.74, 6) is 0. The fourth-order valence-corrected chi connectivity index (χ4v) is 0. The van der Waals surface area contributed by atoms with Gasteiger partial charge >= 0.3 is 20.0 Å². The van der Waals surface area contributed by atoms with Crippen LogP contribution in [0.15, 0.2) is 0 Å². The summed E-state index contributed by atoms with van der Waals surface area (Å²) in [5, 5.41) is 0. The van der Waals surface area contributed by atoms with Gasteiger partial charge in [-0.3, -0.25) is 14.1 Å². The molecule has 1 nitrogen and oxygen atoms in total. The quantitative estimate of drug-likeness (QED) is 0.505. The molecule has 0 rings (SSSR count). The number of rotatable bonds is 0. The van der Waals surface area contributed by atoms with E-state index in [1.807, 2.05) is 0 Å². The Labute approximate surface area is 51.7 Å². The van der Waals surface area contributed by atoms with Crippen LogP contribution in [0.2, 0.25) is 0 Å². The summed E-state index contributed by atoms with van der Waals surface area (Å²) in [7, 11) is 0. The summed E-state index contributed by atoms with van der Waals surface area (Å²) in [4.78, 5) is 0. The Hall–Kier alpha value is 0.642. The summed E-state index contributed by atoms with van der Waals surface area (Å²) in [6.45, 7) is 0. The van der Waals surface area contributed by atoms with Gasteiger partial charge in [0.25, 0.3) is 0 Å². The predicted molar refractivity (Wildman–Crippen MR) is 8.20 cm³/mol. The predicted octanol–water partition coefficient (Wildman–Crippen LogP) is 0.334. The average molecular weight is 192 g/mol. The summed E-state index contributed by atoms with van der Waals surface area (Å²) < 4.78 is 8.12. The van der Waals surface area contributed by atoms with Gasteiger partial charge in [0.1, 0.15) is 0 Å². The van der Waals surface area contributed by atoms with Crippen molar-refractivity contribution in [2.24, 2.45) is 0 Å². The molecule has 0 saturated heterocycles. The maximum absolute atomic E-state index is 8.12. The molecule has 1 radical (unpaired) electrons. The van der Waals surface area contributed by atoms with Crippen LogP contribution in [0.5, 0.6) is 0 Å². The van der Waals surface area contributed by atoms with E-state index < -0.39 is 0 Å². The number of hydrogen-bond donors (Lipinski definition) is 0. The van der Waals surface area contributed by atoms with Crippen molar-refractivity contribution in [3.05, 3.63) is 0 Å². The van der Waals surface area contributed by atoms with Gasteiger partial charge < -0.3 is 0 Å². The zero-order valence-electron chi connectivity index (χ0n) is 2.34. The van der Waals surface area contributed by atoms with Crippen molar-refractivity contribution in [2.75, 3.05) is 0 Å². The molecule has 0 fully saturated rings. The van der Waals surface area contributed by atoms with Crippen molar-refractivity contribution < 1.29 is 51.2 Å². The summed E-state index contributed by atoms with van der Waals surface area (Å²) in [5.41, 5.74) is 0. The Bertz CT molecular complexity index is 10.8. The van der Waals surface area contributed by atoms with Gasteiger partial charge in [0.05, 0.1) is 0 Å². The zero-order chi connectivity index (χ0) is 2.00. The molecular formula is H3CrCuF3O. The van der Waals surface area contributed by atoms with Gasteiger partial charge in [-0.25, -0.2) is 0 Å². The molecule has 0 saturated carbocycles. The Morgan fingerprint density at radius 3 is 0.833 bits per heavy atom. The van der Waals surface area contributed by atoms with E-state index in [2.05, 4.69) is 0 Å². The Balaban J connectivity index is -0.000000000833. The van der Waals surface area contributed by atoms with E-state index in [0.717, 1.165) is 0 Å². The van der Waals surface area contributed by atoms with Gasteiger partial charge in [0.15, 0.2) is 0 Å². The topological polar surface area (TPSA) is 17.1 Å². The van der Waals surface area contributed by atoms with Crippen LogP contribution in [0.1, 0.15) is 0 Å². The molecule has 0 amide bonds. The minimum absolute atomic E-state index is 0. The molecule has 6 heteroatoms. The first-order valence-electron chi connectivity index (χ1n) is 0.167. The first-order valence-corrected chi connectivity index (χ1v) is 0.687. The van der Waals surface area contributed by atoms with Gasteiger partial charge in [0, 0.05) is 17.1 Å². The fourth-order valence-electron chi connectivity index (χ4n) is 0. The second-order valence-corrected chi connectivity index (χ2v) is 0. The van der Waals surface area contributed by atoms with Crippen LogP contribution >= 0.6 is 0 Å². The molecule has 0 bridgehead atoms. The summed E-state index contributed by atoms with van der Waals surface area (Å²) >= 11 is 1.38. The van der Waals surface area contributed by atoms with E-state index in [4.69, 9.17) is 3.80 Å². The van der Waals surface area contributed by atoms with Gasteiger partial charge in [0.2, 0.25) is 0 Å². The van der Waals surface area contributed by atoms with Gasteiger partial charge in [-0.05, 0) is 0 Å². The third kappa shape index (κ3) is 149. The fraction of sp³-hybridized carbons (Fsp3) is 0. The molecule has 47 valence electrons. The van der Waals surface area contributed by atoms with E-state index in [0.29, 0.717) is 0 Å². The zero-order valence-corrected chi connectivity index (χ0v) is 4.56. The molecule has 0 aromatic rings. The molecular weight excluding hydrogens is 189 g/mol. The van der Waals surface area contributed by atoms with Crippen molar-refractivity contribution >= 4 is 0 Å². The van der Waals surface area contributed by atoms with Crippen molar-refractivity contribution in [2.45, 2.75) is 0 Å². The number of halogens is 3. The molecule has 0 heterocycles. The van der Waals surface area contributed by atoms with Crippen LogP contribution in [-0.2, 0) is 37.1 Å². The van der Waals surface area contributed by atoms with Gasteiger partial charge in [-0.1, -0.05) is 0 Å². The standard InChI is InChI=1S/Cr.Cu.3FH.O/h;;3*1H;. The van der Waals surface area contributed by atoms with Gasteiger partial charge in [-0.2, -0.15) is 0 Å². The molecule has 0 aromatic carbocycles. The van der Waals surface area contributed by atoms with Crippen LogP contribution in [0.3, 0.4) is 0 Å². The molecule has 0 aliphatic heterocycles. The van der Waals surface area contributed by atoms with Crippen molar-refractivity contribution in [1.29, 1.82) is 0 Å². The number of hydrogen-bond acceptors (Lipinski definition) is 1. The first kappa shape index (κ1) is 78.4. The average Bonchev–Trinajstić information content (AvgIpc) is 1.00. The SMILES string of the molecule is F.F.F.[Cu].[O]=[Cr]. The molecule has 0 aliphatic rings. The third-order valence-electron chi connectivity index (χ3n) is 0. The third-order valence-corrected chi connectivity index (χ3v) is 0. The maximum atomic E-state index is 8.12.